The summed E-state index contributed by atoms with van der Waals surface area (Å²) in [4.78, 5) is 23.6. The second-order valence-electron chi connectivity index (χ2n) is 4.18. The molecule has 0 aliphatic carbocycles. The number of carbonyl (C=O) groups excluding carboxylic acids is 2. The topological polar surface area (TPSA) is 52.6 Å². The van der Waals surface area contributed by atoms with Crippen LogP contribution in [0.2, 0.25) is 0 Å². The number of esters is 1. The third kappa shape index (κ3) is 3.30. The van der Waals surface area contributed by atoms with E-state index in [0.717, 1.165) is 19.3 Å². The van der Waals surface area contributed by atoms with Gasteiger partial charge in [0.15, 0.2) is 5.78 Å². The van der Waals surface area contributed by atoms with Crippen LogP contribution in [0.5, 0.6) is 0 Å². The SMILES string of the molecule is CCCCC(C(=O)OC)C(=O)C1CCOC1. The van der Waals surface area contributed by atoms with Gasteiger partial charge in [-0.25, -0.2) is 0 Å². The Morgan fingerprint density at radius 3 is 2.75 bits per heavy atom. The fraction of sp³-hybridized carbons (Fsp3) is 0.833. The average Bonchev–Trinajstić information content (AvgIpc) is 2.82. The summed E-state index contributed by atoms with van der Waals surface area (Å²) in [5.74, 6) is -1.10. The van der Waals surface area contributed by atoms with Crippen molar-refractivity contribution in [1.29, 1.82) is 0 Å². The van der Waals surface area contributed by atoms with E-state index in [1.165, 1.54) is 7.11 Å². The molecule has 0 radical (unpaired) electrons. The van der Waals surface area contributed by atoms with Gasteiger partial charge in [0, 0.05) is 12.5 Å². The second kappa shape index (κ2) is 6.63. The van der Waals surface area contributed by atoms with E-state index in [2.05, 4.69) is 4.74 Å². The van der Waals surface area contributed by atoms with E-state index < -0.39 is 11.9 Å². The number of ketones is 1. The summed E-state index contributed by atoms with van der Waals surface area (Å²) >= 11 is 0. The van der Waals surface area contributed by atoms with Crippen molar-refractivity contribution in [1.82, 2.24) is 0 Å². The third-order valence-corrected chi connectivity index (χ3v) is 3.01. The van der Waals surface area contributed by atoms with Gasteiger partial charge in [0.1, 0.15) is 5.92 Å². The maximum absolute atomic E-state index is 12.1. The van der Waals surface area contributed by atoms with Crippen molar-refractivity contribution in [3.63, 3.8) is 0 Å². The molecule has 1 aliphatic heterocycles. The number of rotatable bonds is 6. The Hall–Kier alpha value is -0.900. The summed E-state index contributed by atoms with van der Waals surface area (Å²) in [7, 11) is 1.33. The highest BCUT2D eigenvalue weighted by molar-refractivity contribution is 6.00. The number of Topliss-reactive ketones (excluding diaryl/α,β-unsaturated/α-hetero) is 1. The molecule has 16 heavy (non-hydrogen) atoms. The predicted molar refractivity (Wildman–Crippen MR) is 59.0 cm³/mol. The zero-order valence-electron chi connectivity index (χ0n) is 10.0. The number of methoxy groups -OCH3 is 1. The summed E-state index contributed by atoms with van der Waals surface area (Å²) in [6, 6.07) is 0. The Labute approximate surface area is 96.3 Å². The first-order valence-corrected chi connectivity index (χ1v) is 5.90. The molecule has 0 aromatic rings. The molecule has 1 fully saturated rings. The maximum atomic E-state index is 12.1. The lowest BCUT2D eigenvalue weighted by Crippen LogP contribution is -2.31. The van der Waals surface area contributed by atoms with Gasteiger partial charge in [-0.3, -0.25) is 9.59 Å². The second-order valence-corrected chi connectivity index (χ2v) is 4.18. The molecule has 2 atom stereocenters. The van der Waals surface area contributed by atoms with Crippen LogP contribution >= 0.6 is 0 Å². The van der Waals surface area contributed by atoms with Gasteiger partial charge >= 0.3 is 5.97 Å². The highest BCUT2D eigenvalue weighted by atomic mass is 16.5. The van der Waals surface area contributed by atoms with Crippen molar-refractivity contribution in [3.8, 4) is 0 Å². The van der Waals surface area contributed by atoms with Crippen LogP contribution in [0, 0.1) is 11.8 Å². The smallest absolute Gasteiger partial charge is 0.316 e. The van der Waals surface area contributed by atoms with Crippen LogP contribution in [0.4, 0.5) is 0 Å². The molecule has 1 heterocycles. The fourth-order valence-corrected chi connectivity index (χ4v) is 1.97. The molecule has 0 aromatic heterocycles. The molecular formula is C12H20O4. The average molecular weight is 228 g/mol. The van der Waals surface area contributed by atoms with Gasteiger partial charge in [-0.15, -0.1) is 0 Å². The van der Waals surface area contributed by atoms with Gasteiger partial charge < -0.3 is 9.47 Å². The molecule has 0 amide bonds. The Kier molecular flexibility index (Phi) is 5.46. The Bertz CT molecular complexity index is 243. The first-order chi connectivity index (χ1) is 7.70. The standard InChI is InChI=1S/C12H20O4/c1-3-4-5-10(12(14)15-2)11(13)9-6-7-16-8-9/h9-10H,3-8H2,1-2H3. The van der Waals surface area contributed by atoms with E-state index in [9.17, 15) is 9.59 Å². The number of hydrogen-bond donors (Lipinski definition) is 0. The Balaban J connectivity index is 2.59. The molecule has 0 saturated carbocycles. The normalized spacial score (nSPS) is 21.8. The van der Waals surface area contributed by atoms with E-state index in [1.54, 1.807) is 0 Å². The van der Waals surface area contributed by atoms with Crippen LogP contribution < -0.4 is 0 Å². The monoisotopic (exact) mass is 228 g/mol. The van der Waals surface area contributed by atoms with Crippen molar-refractivity contribution in [3.05, 3.63) is 0 Å². The first kappa shape index (κ1) is 13.2. The van der Waals surface area contributed by atoms with Gasteiger partial charge in [-0.1, -0.05) is 19.8 Å². The van der Waals surface area contributed by atoms with Crippen LogP contribution in [0.3, 0.4) is 0 Å². The highest BCUT2D eigenvalue weighted by Crippen LogP contribution is 2.22. The molecule has 1 aliphatic rings. The molecular weight excluding hydrogens is 208 g/mol. The predicted octanol–water partition coefficient (Wildman–Crippen LogP) is 1.57. The summed E-state index contributed by atoms with van der Waals surface area (Å²) in [5.41, 5.74) is 0. The molecule has 1 saturated heterocycles. The quantitative estimate of drug-likeness (QED) is 0.511. The van der Waals surface area contributed by atoms with E-state index in [-0.39, 0.29) is 11.7 Å². The lowest BCUT2D eigenvalue weighted by Gasteiger charge is -2.16. The van der Waals surface area contributed by atoms with Gasteiger partial charge in [0.2, 0.25) is 0 Å². The lowest BCUT2D eigenvalue weighted by atomic mass is 9.88. The molecule has 2 unspecified atom stereocenters. The van der Waals surface area contributed by atoms with Gasteiger partial charge in [-0.05, 0) is 12.8 Å². The van der Waals surface area contributed by atoms with Crippen molar-refractivity contribution < 1.29 is 19.1 Å². The molecule has 4 heteroatoms. The minimum absolute atomic E-state index is 0.00204. The van der Waals surface area contributed by atoms with Gasteiger partial charge in [-0.2, -0.15) is 0 Å². The third-order valence-electron chi connectivity index (χ3n) is 3.01. The van der Waals surface area contributed by atoms with Crippen molar-refractivity contribution in [2.75, 3.05) is 20.3 Å². The summed E-state index contributed by atoms with van der Waals surface area (Å²) in [6.07, 6.45) is 3.18. The van der Waals surface area contributed by atoms with Crippen molar-refractivity contribution in [2.45, 2.75) is 32.6 Å². The minimum atomic E-state index is -0.586. The van der Waals surface area contributed by atoms with Crippen molar-refractivity contribution >= 4 is 11.8 Å². The molecule has 0 bridgehead atoms. The molecule has 92 valence electrons. The summed E-state index contributed by atoms with van der Waals surface area (Å²) in [6.45, 7) is 3.12. The molecule has 0 spiro atoms. The summed E-state index contributed by atoms with van der Waals surface area (Å²) in [5, 5.41) is 0. The van der Waals surface area contributed by atoms with E-state index in [1.807, 2.05) is 6.92 Å². The zero-order valence-corrected chi connectivity index (χ0v) is 10.0. The number of carbonyl (C=O) groups is 2. The number of ether oxygens (including phenoxy) is 2. The van der Waals surface area contributed by atoms with Crippen molar-refractivity contribution in [2.24, 2.45) is 11.8 Å². The van der Waals surface area contributed by atoms with Crippen LogP contribution in [0.25, 0.3) is 0 Å². The maximum Gasteiger partial charge on any atom is 0.316 e. The van der Waals surface area contributed by atoms with E-state index in [0.29, 0.717) is 19.6 Å². The van der Waals surface area contributed by atoms with E-state index >= 15 is 0 Å². The lowest BCUT2D eigenvalue weighted by molar-refractivity contribution is -0.150. The fourth-order valence-electron chi connectivity index (χ4n) is 1.97. The molecule has 0 N–H and O–H groups in total. The first-order valence-electron chi connectivity index (χ1n) is 5.90. The van der Waals surface area contributed by atoms with Gasteiger partial charge in [0.25, 0.3) is 0 Å². The molecule has 1 rings (SSSR count). The Morgan fingerprint density at radius 2 is 2.25 bits per heavy atom. The zero-order chi connectivity index (χ0) is 12.0. The van der Waals surface area contributed by atoms with Gasteiger partial charge in [0.05, 0.1) is 13.7 Å². The Morgan fingerprint density at radius 1 is 1.50 bits per heavy atom. The molecule has 0 aromatic carbocycles. The molecule has 4 nitrogen and oxygen atoms in total. The van der Waals surface area contributed by atoms with Crippen LogP contribution in [-0.2, 0) is 19.1 Å². The van der Waals surface area contributed by atoms with Crippen LogP contribution in [-0.4, -0.2) is 32.1 Å². The highest BCUT2D eigenvalue weighted by Gasteiger charge is 2.34. The largest absolute Gasteiger partial charge is 0.468 e. The van der Waals surface area contributed by atoms with Crippen LogP contribution in [0.1, 0.15) is 32.6 Å². The van der Waals surface area contributed by atoms with E-state index in [4.69, 9.17) is 4.74 Å². The van der Waals surface area contributed by atoms with Crippen LogP contribution in [0.15, 0.2) is 0 Å². The number of unbranched alkanes of at least 4 members (excludes halogenated alkanes) is 1. The minimum Gasteiger partial charge on any atom is -0.468 e. The summed E-state index contributed by atoms with van der Waals surface area (Å²) < 4.78 is 9.86. The number of hydrogen-bond acceptors (Lipinski definition) is 4.